The summed E-state index contributed by atoms with van der Waals surface area (Å²) in [5, 5.41) is 0.766. The van der Waals surface area contributed by atoms with E-state index in [0.717, 1.165) is 42.6 Å². The minimum atomic E-state index is 0.0719. The summed E-state index contributed by atoms with van der Waals surface area (Å²) >= 11 is 6.20. The van der Waals surface area contributed by atoms with E-state index in [9.17, 15) is 4.79 Å². The highest BCUT2D eigenvalue weighted by molar-refractivity contribution is 6.30. The highest BCUT2D eigenvalue weighted by Gasteiger charge is 2.45. The highest BCUT2D eigenvalue weighted by atomic mass is 35.5. The number of carbonyl (C=O) groups is 1. The molecule has 1 saturated heterocycles. The van der Waals surface area contributed by atoms with E-state index in [1.807, 2.05) is 12.1 Å². The first-order valence-electron chi connectivity index (χ1n) is 8.75. The molecule has 3 heteroatoms. The second-order valence-corrected chi connectivity index (χ2v) is 7.83. The van der Waals surface area contributed by atoms with E-state index in [-0.39, 0.29) is 5.41 Å². The number of hydrogen-bond acceptors (Lipinski definition) is 2. The Bertz CT molecular complexity index is 583. The van der Waals surface area contributed by atoms with Gasteiger partial charge in [0.2, 0.25) is 0 Å². The molecule has 0 unspecified atom stereocenters. The molecule has 0 amide bonds. The van der Waals surface area contributed by atoms with E-state index >= 15 is 0 Å². The minimum absolute atomic E-state index is 0.0719. The maximum Gasteiger partial charge on any atom is 0.164 e. The lowest BCUT2D eigenvalue weighted by atomic mass is 9.73. The largest absolute Gasteiger partial charge is 0.300 e. The van der Waals surface area contributed by atoms with Crippen LogP contribution in [-0.4, -0.2) is 29.8 Å². The molecule has 0 radical (unpaired) electrons. The van der Waals surface area contributed by atoms with Crippen molar-refractivity contribution in [3.8, 4) is 0 Å². The molecule has 0 N–H and O–H groups in total. The molecule has 0 bridgehead atoms. The van der Waals surface area contributed by atoms with Gasteiger partial charge in [-0.3, -0.25) is 4.79 Å². The molecule has 118 valence electrons. The van der Waals surface area contributed by atoms with Crippen LogP contribution in [0, 0.1) is 0 Å². The maximum absolute atomic E-state index is 12.4. The fraction of sp³-hybridized carbons (Fsp3) is 0.632. The lowest BCUT2D eigenvalue weighted by Gasteiger charge is -2.44. The van der Waals surface area contributed by atoms with Crippen LogP contribution in [-0.2, 0) is 5.41 Å². The molecular weight excluding hydrogens is 294 g/mol. The Hall–Kier alpha value is -0.860. The van der Waals surface area contributed by atoms with Gasteiger partial charge in [-0.15, -0.1) is 0 Å². The number of ketones is 1. The minimum Gasteiger partial charge on any atom is -0.300 e. The van der Waals surface area contributed by atoms with Gasteiger partial charge in [-0.25, -0.2) is 0 Å². The second-order valence-electron chi connectivity index (χ2n) is 7.40. The Morgan fingerprint density at radius 1 is 1.09 bits per heavy atom. The average molecular weight is 318 g/mol. The number of hydrogen-bond donors (Lipinski definition) is 0. The topological polar surface area (TPSA) is 20.3 Å². The van der Waals surface area contributed by atoms with Crippen LogP contribution < -0.4 is 0 Å². The SMILES string of the molecule is O=C1CC2(CCN(C3CCCCC3)CC2)c2cc(Cl)ccc21. The molecule has 1 aliphatic heterocycles. The van der Waals surface area contributed by atoms with Crippen molar-refractivity contribution in [2.45, 2.75) is 62.8 Å². The zero-order valence-corrected chi connectivity index (χ0v) is 13.9. The normalized spacial score (nSPS) is 25.6. The van der Waals surface area contributed by atoms with Gasteiger partial charge >= 0.3 is 0 Å². The van der Waals surface area contributed by atoms with E-state index in [0.29, 0.717) is 12.2 Å². The van der Waals surface area contributed by atoms with Crippen molar-refractivity contribution in [1.29, 1.82) is 0 Å². The number of carbonyl (C=O) groups excluding carboxylic acids is 1. The molecule has 4 rings (SSSR count). The van der Waals surface area contributed by atoms with Crippen LogP contribution in [0.25, 0.3) is 0 Å². The Kier molecular flexibility index (Phi) is 3.78. The first-order chi connectivity index (χ1) is 10.7. The predicted molar refractivity (Wildman–Crippen MR) is 89.8 cm³/mol. The van der Waals surface area contributed by atoms with Crippen LogP contribution >= 0.6 is 11.6 Å². The Morgan fingerprint density at radius 3 is 2.55 bits per heavy atom. The lowest BCUT2D eigenvalue weighted by molar-refractivity contribution is 0.0819. The lowest BCUT2D eigenvalue weighted by Crippen LogP contribution is -2.47. The molecule has 1 spiro atoms. The zero-order valence-electron chi connectivity index (χ0n) is 13.1. The molecule has 1 saturated carbocycles. The van der Waals surface area contributed by atoms with Crippen molar-refractivity contribution in [1.82, 2.24) is 4.90 Å². The summed E-state index contributed by atoms with van der Waals surface area (Å²) in [7, 11) is 0. The van der Waals surface area contributed by atoms with Gasteiger partial charge in [0.05, 0.1) is 0 Å². The fourth-order valence-corrected chi connectivity index (χ4v) is 5.08. The van der Waals surface area contributed by atoms with Crippen LogP contribution in [0.4, 0.5) is 0 Å². The molecule has 1 heterocycles. The molecule has 2 fully saturated rings. The first kappa shape index (κ1) is 14.7. The third-order valence-corrected chi connectivity index (χ3v) is 6.43. The number of benzene rings is 1. The maximum atomic E-state index is 12.4. The highest BCUT2D eigenvalue weighted by Crippen LogP contribution is 2.47. The van der Waals surface area contributed by atoms with E-state index in [2.05, 4.69) is 11.0 Å². The van der Waals surface area contributed by atoms with E-state index in [4.69, 9.17) is 11.6 Å². The Morgan fingerprint density at radius 2 is 1.82 bits per heavy atom. The number of halogens is 1. The van der Waals surface area contributed by atoms with Crippen LogP contribution in [0.15, 0.2) is 18.2 Å². The summed E-state index contributed by atoms with van der Waals surface area (Å²) in [6.45, 7) is 2.29. The standard InChI is InChI=1S/C19H24ClNO/c20-14-6-7-16-17(12-14)19(13-18(16)22)8-10-21(11-9-19)15-4-2-1-3-5-15/h6-7,12,15H,1-5,8-11,13H2. The van der Waals surface area contributed by atoms with Gasteiger partial charge < -0.3 is 4.90 Å². The van der Waals surface area contributed by atoms with Crippen LogP contribution in [0.3, 0.4) is 0 Å². The molecular formula is C19H24ClNO. The number of rotatable bonds is 1. The van der Waals surface area contributed by atoms with Gasteiger partial charge in [0.25, 0.3) is 0 Å². The summed E-state index contributed by atoms with van der Waals surface area (Å²) in [5.41, 5.74) is 2.23. The summed E-state index contributed by atoms with van der Waals surface area (Å²) < 4.78 is 0. The zero-order chi connectivity index (χ0) is 15.2. The number of likely N-dealkylation sites (tertiary alicyclic amines) is 1. The van der Waals surface area contributed by atoms with E-state index in [1.54, 1.807) is 0 Å². The quantitative estimate of drug-likeness (QED) is 0.755. The van der Waals surface area contributed by atoms with E-state index in [1.165, 1.54) is 37.7 Å². The molecule has 1 aromatic carbocycles. The van der Waals surface area contributed by atoms with Crippen molar-refractivity contribution in [2.24, 2.45) is 0 Å². The summed E-state index contributed by atoms with van der Waals surface area (Å²) in [4.78, 5) is 15.1. The van der Waals surface area contributed by atoms with Gasteiger partial charge in [0, 0.05) is 28.5 Å². The Labute approximate surface area is 137 Å². The number of Topliss-reactive ketones (excluding diaryl/α,β-unsaturated/α-hetero) is 1. The number of nitrogens with zero attached hydrogens (tertiary/aromatic N) is 1. The van der Waals surface area contributed by atoms with Crippen molar-refractivity contribution in [3.63, 3.8) is 0 Å². The van der Waals surface area contributed by atoms with Crippen LogP contribution in [0.1, 0.15) is 67.3 Å². The smallest absolute Gasteiger partial charge is 0.164 e. The van der Waals surface area contributed by atoms with Crippen molar-refractivity contribution < 1.29 is 4.79 Å². The molecule has 22 heavy (non-hydrogen) atoms. The summed E-state index contributed by atoms with van der Waals surface area (Å²) in [5.74, 6) is 0.317. The van der Waals surface area contributed by atoms with Crippen molar-refractivity contribution in [2.75, 3.05) is 13.1 Å². The first-order valence-corrected chi connectivity index (χ1v) is 9.13. The average Bonchev–Trinajstić information content (AvgIpc) is 2.81. The molecule has 2 nitrogen and oxygen atoms in total. The molecule has 0 atom stereocenters. The second kappa shape index (κ2) is 5.65. The third kappa shape index (κ3) is 2.41. The summed E-state index contributed by atoms with van der Waals surface area (Å²) in [6, 6.07) is 6.64. The molecule has 1 aromatic rings. The van der Waals surface area contributed by atoms with Gasteiger partial charge in [-0.2, -0.15) is 0 Å². The van der Waals surface area contributed by atoms with Gasteiger partial charge in [0.1, 0.15) is 0 Å². The molecule has 0 aromatic heterocycles. The van der Waals surface area contributed by atoms with Gasteiger partial charge in [-0.1, -0.05) is 30.9 Å². The predicted octanol–water partition coefficient (Wildman–Crippen LogP) is 4.59. The third-order valence-electron chi connectivity index (χ3n) is 6.20. The monoisotopic (exact) mass is 317 g/mol. The van der Waals surface area contributed by atoms with Crippen molar-refractivity contribution in [3.05, 3.63) is 34.3 Å². The summed E-state index contributed by atoms with van der Waals surface area (Å²) in [6.07, 6.45) is 9.86. The molecule has 2 aliphatic carbocycles. The fourth-order valence-electron chi connectivity index (χ4n) is 4.91. The van der Waals surface area contributed by atoms with E-state index < -0.39 is 0 Å². The number of piperidine rings is 1. The van der Waals surface area contributed by atoms with Gasteiger partial charge in [0.15, 0.2) is 5.78 Å². The van der Waals surface area contributed by atoms with Gasteiger partial charge in [-0.05, 0) is 62.5 Å². The Balaban J connectivity index is 1.54. The number of fused-ring (bicyclic) bond motifs is 2. The van der Waals surface area contributed by atoms with Crippen molar-refractivity contribution >= 4 is 17.4 Å². The molecule has 3 aliphatic rings. The van der Waals surface area contributed by atoms with Crippen LogP contribution in [0.5, 0.6) is 0 Å². The van der Waals surface area contributed by atoms with Crippen LogP contribution in [0.2, 0.25) is 5.02 Å².